The van der Waals surface area contributed by atoms with Crippen LogP contribution < -0.4 is 9.54 Å². The molecule has 3 aromatic rings. The molecule has 1 heterocycles. The highest BCUT2D eigenvalue weighted by atomic mass is 32.1. The number of carbonyl (C=O) groups is 2. The van der Waals surface area contributed by atoms with Gasteiger partial charge in [0.2, 0.25) is 0 Å². The van der Waals surface area contributed by atoms with Crippen LogP contribution in [0.5, 0.6) is 5.75 Å². The third kappa shape index (κ3) is 3.52. The van der Waals surface area contributed by atoms with Gasteiger partial charge in [0.1, 0.15) is 17.8 Å². The summed E-state index contributed by atoms with van der Waals surface area (Å²) in [6, 6.07) is 12.8. The third-order valence-corrected chi connectivity index (χ3v) is 4.90. The van der Waals surface area contributed by atoms with E-state index in [0.29, 0.717) is 21.6 Å². The highest BCUT2D eigenvalue weighted by Crippen LogP contribution is 2.27. The van der Waals surface area contributed by atoms with Gasteiger partial charge in [-0.2, -0.15) is 4.99 Å². The van der Waals surface area contributed by atoms with Crippen molar-refractivity contribution in [3.05, 3.63) is 58.4 Å². The van der Waals surface area contributed by atoms with Crippen molar-refractivity contribution < 1.29 is 19.1 Å². The Bertz CT molecular complexity index is 1050. The van der Waals surface area contributed by atoms with Crippen LogP contribution in [0.1, 0.15) is 15.9 Å². The summed E-state index contributed by atoms with van der Waals surface area (Å²) in [6.45, 7) is 1.86. The molecule has 0 radical (unpaired) electrons. The quantitative estimate of drug-likeness (QED) is 0.662. The number of methoxy groups -OCH3 is 2. The van der Waals surface area contributed by atoms with Crippen molar-refractivity contribution in [2.45, 2.75) is 13.5 Å². The lowest BCUT2D eigenvalue weighted by Gasteiger charge is -2.07. The number of ether oxygens (including phenoxy) is 2. The van der Waals surface area contributed by atoms with E-state index in [4.69, 9.17) is 9.47 Å². The monoisotopic (exact) mass is 370 g/mol. The van der Waals surface area contributed by atoms with E-state index < -0.39 is 5.97 Å². The summed E-state index contributed by atoms with van der Waals surface area (Å²) >= 11 is 1.32. The highest BCUT2D eigenvalue weighted by molar-refractivity contribution is 7.16. The summed E-state index contributed by atoms with van der Waals surface area (Å²) in [5.41, 5.74) is 2.19. The predicted molar refractivity (Wildman–Crippen MR) is 99.5 cm³/mol. The molecule has 1 amide bonds. The molecule has 0 saturated heterocycles. The number of carbonyl (C=O) groups excluding carboxylic acids is 2. The van der Waals surface area contributed by atoms with Crippen LogP contribution in [0.25, 0.3) is 10.2 Å². The van der Waals surface area contributed by atoms with Gasteiger partial charge in [0.25, 0.3) is 5.91 Å². The van der Waals surface area contributed by atoms with E-state index in [1.54, 1.807) is 29.9 Å². The maximum atomic E-state index is 12.6. The molecule has 0 unspecified atom stereocenters. The number of amides is 1. The van der Waals surface area contributed by atoms with Gasteiger partial charge in [-0.3, -0.25) is 9.59 Å². The van der Waals surface area contributed by atoms with Crippen LogP contribution in [0, 0.1) is 6.92 Å². The van der Waals surface area contributed by atoms with Crippen LogP contribution in [0.4, 0.5) is 0 Å². The van der Waals surface area contributed by atoms with Gasteiger partial charge in [0, 0.05) is 5.56 Å². The number of thiazole rings is 1. The number of hydrogen-bond donors (Lipinski definition) is 0. The lowest BCUT2D eigenvalue weighted by atomic mass is 10.1. The molecule has 0 aliphatic carbocycles. The molecular formula is C19H18N2O4S. The third-order valence-electron chi connectivity index (χ3n) is 3.86. The summed E-state index contributed by atoms with van der Waals surface area (Å²) in [7, 11) is 2.88. The topological polar surface area (TPSA) is 69.9 Å². The molecule has 0 saturated carbocycles. The van der Waals surface area contributed by atoms with Crippen molar-refractivity contribution in [1.29, 1.82) is 0 Å². The number of fused-ring (bicyclic) bond motifs is 1. The van der Waals surface area contributed by atoms with Crippen molar-refractivity contribution in [3.8, 4) is 5.75 Å². The van der Waals surface area contributed by atoms with Gasteiger partial charge in [-0.05, 0) is 31.2 Å². The summed E-state index contributed by atoms with van der Waals surface area (Å²) < 4.78 is 12.7. The summed E-state index contributed by atoms with van der Waals surface area (Å²) in [4.78, 5) is 29.1. The average molecular weight is 370 g/mol. The summed E-state index contributed by atoms with van der Waals surface area (Å²) in [5.74, 6) is -0.190. The molecule has 0 N–H and O–H groups in total. The highest BCUT2D eigenvalue weighted by Gasteiger charge is 2.15. The van der Waals surface area contributed by atoms with Gasteiger partial charge >= 0.3 is 5.97 Å². The first kappa shape index (κ1) is 17.9. The molecule has 0 bridgehead atoms. The molecule has 0 fully saturated rings. The van der Waals surface area contributed by atoms with E-state index in [2.05, 4.69) is 4.99 Å². The van der Waals surface area contributed by atoms with E-state index in [1.165, 1.54) is 18.4 Å². The SMILES string of the molecule is COC(=O)Cn1c(=NC(=O)c2cccc(C)c2)sc2cccc(OC)c21. The maximum Gasteiger partial charge on any atom is 0.325 e. The Kier molecular flexibility index (Phi) is 5.18. The minimum absolute atomic E-state index is 0.0587. The number of para-hydroxylation sites is 1. The number of aromatic nitrogens is 1. The van der Waals surface area contributed by atoms with Crippen LogP contribution in [0.2, 0.25) is 0 Å². The normalized spacial score (nSPS) is 11.6. The van der Waals surface area contributed by atoms with Gasteiger partial charge in [0.05, 0.1) is 18.9 Å². The fourth-order valence-electron chi connectivity index (χ4n) is 2.62. The number of benzene rings is 2. The second-order valence-corrected chi connectivity index (χ2v) is 6.65. The second kappa shape index (κ2) is 7.53. The van der Waals surface area contributed by atoms with Gasteiger partial charge in [0.15, 0.2) is 4.80 Å². The Labute approximate surface area is 154 Å². The van der Waals surface area contributed by atoms with Crippen LogP contribution in [0.3, 0.4) is 0 Å². The molecule has 26 heavy (non-hydrogen) atoms. The van der Waals surface area contributed by atoms with Crippen molar-refractivity contribution in [2.24, 2.45) is 4.99 Å². The molecule has 134 valence electrons. The van der Waals surface area contributed by atoms with Gasteiger partial charge < -0.3 is 14.0 Å². The van der Waals surface area contributed by atoms with Crippen LogP contribution >= 0.6 is 11.3 Å². The minimum atomic E-state index is -0.430. The van der Waals surface area contributed by atoms with E-state index in [1.807, 2.05) is 31.2 Å². The van der Waals surface area contributed by atoms with Gasteiger partial charge in [-0.15, -0.1) is 0 Å². The summed E-state index contributed by atoms with van der Waals surface area (Å²) in [6.07, 6.45) is 0. The molecule has 1 aromatic heterocycles. The predicted octanol–water partition coefficient (Wildman–Crippen LogP) is 2.93. The van der Waals surface area contributed by atoms with Crippen molar-refractivity contribution in [1.82, 2.24) is 4.57 Å². The van der Waals surface area contributed by atoms with Crippen LogP contribution in [-0.4, -0.2) is 30.7 Å². The van der Waals surface area contributed by atoms with E-state index >= 15 is 0 Å². The fourth-order valence-corrected chi connectivity index (χ4v) is 3.66. The zero-order valence-corrected chi connectivity index (χ0v) is 15.5. The minimum Gasteiger partial charge on any atom is -0.495 e. The van der Waals surface area contributed by atoms with Crippen LogP contribution in [0.15, 0.2) is 47.5 Å². The number of esters is 1. The largest absolute Gasteiger partial charge is 0.495 e. The number of rotatable bonds is 4. The first-order chi connectivity index (χ1) is 12.5. The molecule has 2 aromatic carbocycles. The zero-order chi connectivity index (χ0) is 18.7. The van der Waals surface area contributed by atoms with Gasteiger partial charge in [-0.1, -0.05) is 35.1 Å². The molecule has 6 nitrogen and oxygen atoms in total. The lowest BCUT2D eigenvalue weighted by molar-refractivity contribution is -0.141. The fraction of sp³-hybridized carbons (Fsp3) is 0.211. The molecule has 3 rings (SSSR count). The number of nitrogens with zero attached hydrogens (tertiary/aromatic N) is 2. The Balaban J connectivity index is 2.19. The number of hydrogen-bond acceptors (Lipinski definition) is 5. The van der Waals surface area contributed by atoms with Crippen LogP contribution in [-0.2, 0) is 16.1 Å². The Morgan fingerprint density at radius 1 is 1.15 bits per heavy atom. The Morgan fingerprint density at radius 2 is 1.92 bits per heavy atom. The van der Waals surface area contributed by atoms with Crippen molar-refractivity contribution in [2.75, 3.05) is 14.2 Å². The van der Waals surface area contributed by atoms with E-state index in [0.717, 1.165) is 10.3 Å². The standard InChI is InChI=1S/C19H18N2O4S/c1-12-6-4-7-13(10-12)18(23)20-19-21(11-16(22)25-3)17-14(24-2)8-5-9-15(17)26-19/h4-10H,11H2,1-3H3. The smallest absolute Gasteiger partial charge is 0.325 e. The van der Waals surface area contributed by atoms with Crippen molar-refractivity contribution >= 4 is 33.4 Å². The van der Waals surface area contributed by atoms with Crippen molar-refractivity contribution in [3.63, 3.8) is 0 Å². The Hall–Kier alpha value is -2.93. The first-order valence-electron chi connectivity index (χ1n) is 7.92. The molecule has 7 heteroatoms. The second-order valence-electron chi connectivity index (χ2n) is 5.64. The summed E-state index contributed by atoms with van der Waals surface area (Å²) in [5, 5.41) is 0. The van der Waals surface area contributed by atoms with Gasteiger partial charge in [-0.25, -0.2) is 0 Å². The molecule has 0 aliphatic rings. The zero-order valence-electron chi connectivity index (χ0n) is 14.7. The number of aryl methyl sites for hydroxylation is 1. The average Bonchev–Trinajstić information content (AvgIpc) is 2.98. The maximum absolute atomic E-state index is 12.6. The molecule has 0 spiro atoms. The Morgan fingerprint density at radius 3 is 2.62 bits per heavy atom. The first-order valence-corrected chi connectivity index (χ1v) is 8.74. The molecule has 0 aliphatic heterocycles. The molecular weight excluding hydrogens is 352 g/mol. The molecule has 0 atom stereocenters. The van der Waals surface area contributed by atoms with E-state index in [-0.39, 0.29) is 12.5 Å². The lowest BCUT2D eigenvalue weighted by Crippen LogP contribution is -2.22. The van der Waals surface area contributed by atoms with E-state index in [9.17, 15) is 9.59 Å².